The van der Waals surface area contributed by atoms with Crippen LogP contribution < -0.4 is 0 Å². The Labute approximate surface area is 173 Å². The van der Waals surface area contributed by atoms with Gasteiger partial charge in [0.15, 0.2) is 9.84 Å². The van der Waals surface area contributed by atoms with Gasteiger partial charge in [-0.3, -0.25) is 9.59 Å². The number of benzene rings is 1. The van der Waals surface area contributed by atoms with E-state index in [0.717, 1.165) is 4.90 Å². The third kappa shape index (κ3) is 4.61. The highest BCUT2D eigenvalue weighted by atomic mass is 32.2. The van der Waals surface area contributed by atoms with Crippen LogP contribution in [0.2, 0.25) is 0 Å². The average Bonchev–Trinajstić information content (AvgIpc) is 2.85. The van der Waals surface area contributed by atoms with Crippen molar-refractivity contribution in [2.75, 3.05) is 18.1 Å². The van der Waals surface area contributed by atoms with E-state index in [9.17, 15) is 27.6 Å². The number of carbonyl (C=O) groups excluding carboxylic acids is 4. The van der Waals surface area contributed by atoms with Crippen LogP contribution in [0.15, 0.2) is 24.3 Å². The summed E-state index contributed by atoms with van der Waals surface area (Å²) in [5.41, 5.74) is -0.601. The number of ether oxygens (including phenoxy) is 1. The van der Waals surface area contributed by atoms with Crippen LogP contribution in [0.4, 0.5) is 4.79 Å². The van der Waals surface area contributed by atoms with Crippen LogP contribution in [0.25, 0.3) is 0 Å². The minimum absolute atomic E-state index is 0.103. The number of rotatable bonds is 3. The highest BCUT2D eigenvalue weighted by Crippen LogP contribution is 2.24. The Bertz CT molecular complexity index is 977. The van der Waals surface area contributed by atoms with Crippen molar-refractivity contribution in [1.82, 2.24) is 9.96 Å². The molecule has 0 aromatic heterocycles. The number of imide groups is 1. The maximum Gasteiger partial charge on any atom is 0.410 e. The maximum atomic E-state index is 12.5. The molecule has 0 N–H and O–H groups in total. The number of amides is 3. The molecule has 3 rings (SSSR count). The summed E-state index contributed by atoms with van der Waals surface area (Å²) >= 11 is 0. The minimum Gasteiger partial charge on any atom is -0.444 e. The number of sulfone groups is 1. The molecule has 1 unspecified atom stereocenters. The summed E-state index contributed by atoms with van der Waals surface area (Å²) in [6.45, 7) is 4.85. The minimum atomic E-state index is -3.48. The van der Waals surface area contributed by atoms with Gasteiger partial charge in [-0.05, 0) is 32.9 Å². The number of hydroxylamine groups is 2. The Morgan fingerprint density at radius 2 is 1.67 bits per heavy atom. The van der Waals surface area contributed by atoms with Crippen LogP contribution in [0.1, 0.15) is 47.9 Å². The van der Waals surface area contributed by atoms with Crippen LogP contribution in [0.5, 0.6) is 0 Å². The van der Waals surface area contributed by atoms with Gasteiger partial charge in [-0.1, -0.05) is 17.2 Å². The van der Waals surface area contributed by atoms with E-state index in [-0.39, 0.29) is 23.4 Å². The topological polar surface area (TPSA) is 127 Å². The third-order valence-electron chi connectivity index (χ3n) is 4.51. The Morgan fingerprint density at radius 1 is 1.10 bits per heavy atom. The highest BCUT2D eigenvalue weighted by molar-refractivity contribution is 7.91. The Balaban J connectivity index is 1.72. The molecule has 3 amide bonds. The Kier molecular flexibility index (Phi) is 5.59. The largest absolute Gasteiger partial charge is 0.444 e. The van der Waals surface area contributed by atoms with Crippen LogP contribution in [-0.4, -0.2) is 72.0 Å². The standard InChI is InChI=1S/C19H22N2O8S/c1-19(2,3)28-18(25)20-8-9-30(26,27)11-12(20)10-15(22)29-21-16(23)13-6-4-5-7-14(13)17(21)24/h4-7,12H,8-11H2,1-3H3. The molecule has 2 aliphatic heterocycles. The molecule has 1 aromatic carbocycles. The molecule has 0 radical (unpaired) electrons. The summed E-state index contributed by atoms with van der Waals surface area (Å²) in [7, 11) is -3.48. The van der Waals surface area contributed by atoms with Gasteiger partial charge in [0.2, 0.25) is 0 Å². The van der Waals surface area contributed by atoms with E-state index in [4.69, 9.17) is 9.57 Å². The molecule has 0 saturated carbocycles. The van der Waals surface area contributed by atoms with Gasteiger partial charge in [0.25, 0.3) is 11.8 Å². The summed E-state index contributed by atoms with van der Waals surface area (Å²) in [5.74, 6) is -3.30. The second-order valence-electron chi connectivity index (χ2n) is 8.06. The van der Waals surface area contributed by atoms with Gasteiger partial charge in [-0.2, -0.15) is 0 Å². The van der Waals surface area contributed by atoms with Crippen LogP contribution in [-0.2, 0) is 24.2 Å². The monoisotopic (exact) mass is 438 g/mol. The summed E-state index contributed by atoms with van der Waals surface area (Å²) in [4.78, 5) is 55.6. The van der Waals surface area contributed by atoms with Crippen molar-refractivity contribution in [3.05, 3.63) is 35.4 Å². The molecule has 30 heavy (non-hydrogen) atoms. The molecule has 11 heteroatoms. The van der Waals surface area contributed by atoms with Gasteiger partial charge >= 0.3 is 12.1 Å². The van der Waals surface area contributed by atoms with E-state index >= 15 is 0 Å². The maximum absolute atomic E-state index is 12.5. The van der Waals surface area contributed by atoms with Gasteiger partial charge in [0.05, 0.1) is 35.1 Å². The molecule has 0 spiro atoms. The summed E-state index contributed by atoms with van der Waals surface area (Å²) in [6, 6.07) is 4.96. The van der Waals surface area contributed by atoms with Crippen molar-refractivity contribution in [1.29, 1.82) is 0 Å². The molecule has 1 atom stereocenters. The average molecular weight is 438 g/mol. The molecular weight excluding hydrogens is 416 g/mol. The molecule has 162 valence electrons. The van der Waals surface area contributed by atoms with E-state index in [1.54, 1.807) is 32.9 Å². The first-order valence-corrected chi connectivity index (χ1v) is 11.1. The molecule has 0 aliphatic carbocycles. The fraction of sp³-hybridized carbons (Fsp3) is 0.474. The summed E-state index contributed by atoms with van der Waals surface area (Å²) in [6.07, 6.45) is -1.28. The fourth-order valence-corrected chi connectivity index (χ4v) is 4.72. The number of nitrogens with zero attached hydrogens (tertiary/aromatic N) is 2. The first-order chi connectivity index (χ1) is 13.9. The third-order valence-corrected chi connectivity index (χ3v) is 6.21. The van der Waals surface area contributed by atoms with Crippen molar-refractivity contribution in [3.8, 4) is 0 Å². The molecule has 1 saturated heterocycles. The lowest BCUT2D eigenvalue weighted by atomic mass is 10.1. The number of hydrogen-bond acceptors (Lipinski definition) is 8. The van der Waals surface area contributed by atoms with Gasteiger partial charge < -0.3 is 14.5 Å². The van der Waals surface area contributed by atoms with Crippen LogP contribution in [0.3, 0.4) is 0 Å². The lowest BCUT2D eigenvalue weighted by Gasteiger charge is -2.36. The van der Waals surface area contributed by atoms with E-state index in [0.29, 0.717) is 5.06 Å². The zero-order chi connectivity index (χ0) is 22.3. The molecule has 2 heterocycles. The molecule has 2 aliphatic rings. The summed E-state index contributed by atoms with van der Waals surface area (Å²) in [5, 5.41) is 0.349. The Morgan fingerprint density at radius 3 is 2.20 bits per heavy atom. The van der Waals surface area contributed by atoms with Crippen molar-refractivity contribution < 1.29 is 37.2 Å². The number of carbonyl (C=O) groups is 4. The smallest absolute Gasteiger partial charge is 0.410 e. The van der Waals surface area contributed by atoms with Gasteiger partial charge in [-0.15, -0.1) is 0 Å². The number of hydrogen-bond donors (Lipinski definition) is 0. The molecule has 1 fully saturated rings. The van der Waals surface area contributed by atoms with Crippen LogP contribution >= 0.6 is 0 Å². The SMILES string of the molecule is CC(C)(C)OC(=O)N1CCS(=O)(=O)CC1CC(=O)ON1C(=O)c2ccccc2C1=O. The van der Waals surface area contributed by atoms with Gasteiger partial charge in [0.1, 0.15) is 5.60 Å². The highest BCUT2D eigenvalue weighted by Gasteiger charge is 2.41. The first-order valence-electron chi connectivity index (χ1n) is 9.26. The van der Waals surface area contributed by atoms with Crippen molar-refractivity contribution in [2.45, 2.75) is 38.8 Å². The quantitative estimate of drug-likeness (QED) is 0.644. The van der Waals surface area contributed by atoms with E-state index in [1.807, 2.05) is 0 Å². The normalized spacial score (nSPS) is 20.7. The molecular formula is C19H22N2O8S. The number of fused-ring (bicyclic) bond motifs is 1. The van der Waals surface area contributed by atoms with Crippen molar-refractivity contribution in [2.24, 2.45) is 0 Å². The van der Waals surface area contributed by atoms with Crippen molar-refractivity contribution in [3.63, 3.8) is 0 Å². The second kappa shape index (κ2) is 7.71. The van der Waals surface area contributed by atoms with E-state index in [1.165, 1.54) is 12.1 Å². The molecule has 0 bridgehead atoms. The second-order valence-corrected chi connectivity index (χ2v) is 10.3. The summed E-state index contributed by atoms with van der Waals surface area (Å²) < 4.78 is 29.4. The van der Waals surface area contributed by atoms with Crippen molar-refractivity contribution >= 4 is 33.7 Å². The Hall–Kier alpha value is -2.95. The molecule has 1 aromatic rings. The molecule has 10 nitrogen and oxygen atoms in total. The zero-order valence-electron chi connectivity index (χ0n) is 16.8. The zero-order valence-corrected chi connectivity index (χ0v) is 17.6. The van der Waals surface area contributed by atoms with E-state index in [2.05, 4.69) is 0 Å². The van der Waals surface area contributed by atoms with Gasteiger partial charge in [-0.25, -0.2) is 18.0 Å². The fourth-order valence-electron chi connectivity index (χ4n) is 3.20. The van der Waals surface area contributed by atoms with Crippen LogP contribution in [0, 0.1) is 0 Å². The first kappa shape index (κ1) is 21.8. The van der Waals surface area contributed by atoms with E-state index < -0.39 is 57.5 Å². The predicted octanol–water partition coefficient (Wildman–Crippen LogP) is 1.16. The lowest BCUT2D eigenvalue weighted by Crippen LogP contribution is -2.53. The lowest BCUT2D eigenvalue weighted by molar-refractivity contribution is -0.169. The van der Waals surface area contributed by atoms with Gasteiger partial charge in [0, 0.05) is 6.54 Å². The predicted molar refractivity (Wildman–Crippen MR) is 103 cm³/mol.